The van der Waals surface area contributed by atoms with E-state index in [0.29, 0.717) is 12.0 Å². The number of carbonyl (C=O) groups excluding carboxylic acids is 1. The molecule has 1 fully saturated rings. The highest BCUT2D eigenvalue weighted by molar-refractivity contribution is 5.80. The van der Waals surface area contributed by atoms with Gasteiger partial charge in [0.1, 0.15) is 0 Å². The average molecular weight is 184 g/mol. The van der Waals surface area contributed by atoms with Crippen LogP contribution in [0, 0.1) is 11.8 Å². The molecule has 3 nitrogen and oxygen atoms in total. The highest BCUT2D eigenvalue weighted by atomic mass is 16.2. The lowest BCUT2D eigenvalue weighted by molar-refractivity contribution is -0.127. The largest absolute Gasteiger partial charge is 0.353 e. The van der Waals surface area contributed by atoms with Crippen LogP contribution in [0.5, 0.6) is 0 Å². The van der Waals surface area contributed by atoms with Crippen molar-refractivity contribution >= 4 is 5.91 Å². The van der Waals surface area contributed by atoms with E-state index in [1.807, 2.05) is 0 Å². The van der Waals surface area contributed by atoms with E-state index in [2.05, 4.69) is 31.4 Å². The molecule has 3 heteroatoms. The highest BCUT2D eigenvalue weighted by Gasteiger charge is 2.26. The molecule has 1 heterocycles. The molecule has 1 aliphatic heterocycles. The van der Waals surface area contributed by atoms with Gasteiger partial charge in [-0.3, -0.25) is 4.79 Å². The molecule has 1 amide bonds. The summed E-state index contributed by atoms with van der Waals surface area (Å²) in [6.45, 7) is 8.10. The fourth-order valence-corrected chi connectivity index (χ4v) is 1.31. The summed E-state index contributed by atoms with van der Waals surface area (Å²) in [6, 6.07) is 0.304. The Labute approximate surface area is 80.3 Å². The van der Waals surface area contributed by atoms with E-state index in [1.54, 1.807) is 0 Å². The van der Waals surface area contributed by atoms with Crippen LogP contribution in [-0.4, -0.2) is 25.0 Å². The van der Waals surface area contributed by atoms with Crippen molar-refractivity contribution in [3.8, 4) is 0 Å². The number of nitrogens with one attached hydrogen (secondary N) is 2. The first-order valence-electron chi connectivity index (χ1n) is 5.16. The monoisotopic (exact) mass is 184 g/mol. The van der Waals surface area contributed by atoms with Gasteiger partial charge in [-0.2, -0.15) is 0 Å². The Hall–Kier alpha value is -0.570. The van der Waals surface area contributed by atoms with Gasteiger partial charge in [-0.15, -0.1) is 0 Å². The summed E-state index contributed by atoms with van der Waals surface area (Å²) in [4.78, 5) is 11.5. The number of amides is 1. The molecule has 0 aromatic rings. The van der Waals surface area contributed by atoms with Gasteiger partial charge in [0.05, 0.1) is 5.92 Å². The van der Waals surface area contributed by atoms with Gasteiger partial charge < -0.3 is 10.6 Å². The number of hydrogen-bond acceptors (Lipinski definition) is 2. The van der Waals surface area contributed by atoms with Gasteiger partial charge in [0.15, 0.2) is 0 Å². The summed E-state index contributed by atoms with van der Waals surface area (Å²) in [6.07, 6.45) is 1.12. The second-order valence-corrected chi connectivity index (χ2v) is 4.04. The van der Waals surface area contributed by atoms with Crippen molar-refractivity contribution < 1.29 is 4.79 Å². The van der Waals surface area contributed by atoms with Crippen molar-refractivity contribution in [1.29, 1.82) is 0 Å². The van der Waals surface area contributed by atoms with E-state index in [-0.39, 0.29) is 11.8 Å². The quantitative estimate of drug-likeness (QED) is 0.677. The van der Waals surface area contributed by atoms with Gasteiger partial charge in [-0.05, 0) is 12.8 Å². The minimum atomic E-state index is 0.214. The fraction of sp³-hybridized carbons (Fsp3) is 0.900. The van der Waals surface area contributed by atoms with Crippen LogP contribution >= 0.6 is 0 Å². The van der Waals surface area contributed by atoms with E-state index in [0.717, 1.165) is 19.5 Å². The van der Waals surface area contributed by atoms with Crippen LogP contribution in [0.15, 0.2) is 0 Å². The minimum absolute atomic E-state index is 0.214. The van der Waals surface area contributed by atoms with Crippen LogP contribution in [0.25, 0.3) is 0 Å². The maximum absolute atomic E-state index is 11.5. The summed E-state index contributed by atoms with van der Waals surface area (Å²) in [7, 11) is 0. The average Bonchev–Trinajstić information content (AvgIpc) is 1.99. The van der Waals surface area contributed by atoms with Gasteiger partial charge in [0.25, 0.3) is 0 Å². The molecule has 0 aromatic carbocycles. The molecule has 0 radical (unpaired) electrons. The Bertz CT molecular complexity index is 178. The fourth-order valence-electron chi connectivity index (χ4n) is 1.31. The Morgan fingerprint density at radius 1 is 1.54 bits per heavy atom. The molecule has 1 aliphatic rings. The van der Waals surface area contributed by atoms with Gasteiger partial charge in [-0.25, -0.2) is 0 Å². The summed E-state index contributed by atoms with van der Waals surface area (Å²) in [5, 5.41) is 6.15. The molecular formula is C10H20N2O. The lowest BCUT2D eigenvalue weighted by Crippen LogP contribution is -2.53. The van der Waals surface area contributed by atoms with Gasteiger partial charge >= 0.3 is 0 Å². The van der Waals surface area contributed by atoms with E-state index in [9.17, 15) is 4.79 Å². The lowest BCUT2D eigenvalue weighted by atomic mass is 9.98. The first kappa shape index (κ1) is 10.5. The van der Waals surface area contributed by atoms with Crippen LogP contribution in [-0.2, 0) is 4.79 Å². The first-order chi connectivity index (χ1) is 6.15. The van der Waals surface area contributed by atoms with Crippen molar-refractivity contribution in [2.24, 2.45) is 11.8 Å². The Kier molecular flexibility index (Phi) is 3.72. The Balaban J connectivity index is 2.26. The second-order valence-electron chi connectivity index (χ2n) is 4.04. The molecule has 76 valence electrons. The molecule has 2 N–H and O–H groups in total. The zero-order valence-electron chi connectivity index (χ0n) is 8.76. The number of carbonyl (C=O) groups is 1. The van der Waals surface area contributed by atoms with Crippen LogP contribution in [0.3, 0.4) is 0 Å². The maximum Gasteiger partial charge on any atom is 0.225 e. The van der Waals surface area contributed by atoms with Gasteiger partial charge in [0, 0.05) is 19.1 Å². The van der Waals surface area contributed by atoms with Crippen LogP contribution < -0.4 is 10.6 Å². The van der Waals surface area contributed by atoms with E-state index >= 15 is 0 Å². The number of hydrogen-bond donors (Lipinski definition) is 2. The Morgan fingerprint density at radius 3 is 2.54 bits per heavy atom. The van der Waals surface area contributed by atoms with Crippen LogP contribution in [0.2, 0.25) is 0 Å². The lowest BCUT2D eigenvalue weighted by Gasteiger charge is -2.29. The molecule has 0 spiro atoms. The molecular weight excluding hydrogens is 164 g/mol. The second kappa shape index (κ2) is 4.61. The molecule has 0 bridgehead atoms. The molecule has 2 unspecified atom stereocenters. The molecule has 1 saturated heterocycles. The van der Waals surface area contributed by atoms with Crippen molar-refractivity contribution in [2.45, 2.75) is 33.2 Å². The zero-order valence-corrected chi connectivity index (χ0v) is 8.76. The first-order valence-corrected chi connectivity index (χ1v) is 5.16. The van der Waals surface area contributed by atoms with Gasteiger partial charge in [-0.1, -0.05) is 20.3 Å². The van der Waals surface area contributed by atoms with Crippen molar-refractivity contribution in [3.05, 3.63) is 0 Å². The van der Waals surface area contributed by atoms with E-state index in [1.165, 1.54) is 0 Å². The number of rotatable bonds is 4. The van der Waals surface area contributed by atoms with Gasteiger partial charge in [0.2, 0.25) is 5.91 Å². The third-order valence-electron chi connectivity index (χ3n) is 3.02. The predicted octanol–water partition coefficient (Wildman–Crippen LogP) is 0.757. The van der Waals surface area contributed by atoms with Crippen molar-refractivity contribution in [1.82, 2.24) is 10.6 Å². The van der Waals surface area contributed by atoms with Crippen molar-refractivity contribution in [3.63, 3.8) is 0 Å². The van der Waals surface area contributed by atoms with Crippen LogP contribution in [0.4, 0.5) is 0 Å². The molecule has 13 heavy (non-hydrogen) atoms. The zero-order chi connectivity index (χ0) is 9.84. The third-order valence-corrected chi connectivity index (χ3v) is 3.02. The topological polar surface area (TPSA) is 41.1 Å². The normalized spacial score (nSPS) is 21.8. The predicted molar refractivity (Wildman–Crippen MR) is 53.4 cm³/mol. The van der Waals surface area contributed by atoms with Crippen LogP contribution in [0.1, 0.15) is 27.2 Å². The third kappa shape index (κ3) is 2.69. The van der Waals surface area contributed by atoms with Crippen molar-refractivity contribution in [2.75, 3.05) is 13.1 Å². The Morgan fingerprint density at radius 2 is 2.15 bits per heavy atom. The summed E-state index contributed by atoms with van der Waals surface area (Å²) < 4.78 is 0. The standard InChI is InChI=1S/C10H20N2O/c1-4-7(2)8(3)12-10(13)9-5-11-6-9/h7-9,11H,4-6H2,1-3H3,(H,12,13). The molecule has 0 aliphatic carbocycles. The van der Waals surface area contributed by atoms with E-state index in [4.69, 9.17) is 0 Å². The molecule has 2 atom stereocenters. The maximum atomic E-state index is 11.5. The molecule has 0 saturated carbocycles. The highest BCUT2D eigenvalue weighted by Crippen LogP contribution is 2.09. The van der Waals surface area contributed by atoms with E-state index < -0.39 is 0 Å². The summed E-state index contributed by atoms with van der Waals surface area (Å²) in [5.74, 6) is 0.995. The SMILES string of the molecule is CCC(C)C(C)NC(=O)C1CNC1. The minimum Gasteiger partial charge on any atom is -0.353 e. The molecule has 1 rings (SSSR count). The summed E-state index contributed by atoms with van der Waals surface area (Å²) in [5.41, 5.74) is 0. The molecule has 0 aromatic heterocycles. The summed E-state index contributed by atoms with van der Waals surface area (Å²) >= 11 is 0. The smallest absolute Gasteiger partial charge is 0.225 e.